The van der Waals surface area contributed by atoms with Gasteiger partial charge in [0.2, 0.25) is 0 Å². The van der Waals surface area contributed by atoms with Gasteiger partial charge in [-0.2, -0.15) is 0 Å². The fourth-order valence-electron chi connectivity index (χ4n) is 8.24. The monoisotopic (exact) mass is 442 g/mol. The molecule has 3 aromatic rings. The van der Waals surface area contributed by atoms with Gasteiger partial charge in [-0.1, -0.05) is 74.7 Å². The summed E-state index contributed by atoms with van der Waals surface area (Å²) in [4.78, 5) is 0. The molecule has 33 heavy (non-hydrogen) atoms. The van der Waals surface area contributed by atoms with Gasteiger partial charge in [-0.25, -0.2) is 0 Å². The van der Waals surface area contributed by atoms with Crippen molar-refractivity contribution in [1.82, 2.24) is 0 Å². The molecule has 0 aromatic heterocycles. The Balaban J connectivity index is 1.37. The third-order valence-electron chi connectivity index (χ3n) is 9.98. The van der Waals surface area contributed by atoms with Gasteiger partial charge in [0.1, 0.15) is 24.7 Å². The molecule has 0 bridgehead atoms. The Morgan fingerprint density at radius 1 is 0.909 bits per heavy atom. The maximum Gasteiger partial charge on any atom is 0.115 e. The van der Waals surface area contributed by atoms with E-state index in [0.717, 1.165) is 25.0 Å². The Kier molecular flexibility index (Phi) is 5.50. The molecule has 2 heterocycles. The molecule has 0 radical (unpaired) electrons. The zero-order valence-electron chi connectivity index (χ0n) is 20.6. The summed E-state index contributed by atoms with van der Waals surface area (Å²) in [6.07, 6.45) is 9.81. The van der Waals surface area contributed by atoms with Crippen LogP contribution >= 0.6 is 0 Å². The Labute approximate surface area is 199 Å². The Morgan fingerprint density at radius 3 is 2.36 bits per heavy atom. The molecule has 174 valence electrons. The van der Waals surface area contributed by atoms with Crippen LogP contribution in [0.2, 0.25) is 0 Å². The van der Waals surface area contributed by atoms with Gasteiger partial charge in [0.25, 0.3) is 0 Å². The van der Waals surface area contributed by atoms with Crippen LogP contribution in [0, 0.1) is 11.8 Å². The number of hydrogen-bond acceptors (Lipinski definition) is 1. The van der Waals surface area contributed by atoms with Gasteiger partial charge in [-0.05, 0) is 53.8 Å². The molecule has 5 atom stereocenters. The van der Waals surface area contributed by atoms with Gasteiger partial charge in [-0.3, -0.25) is 0 Å². The Morgan fingerprint density at radius 2 is 1.64 bits per heavy atom. The molecule has 6 rings (SSSR count). The van der Waals surface area contributed by atoms with E-state index in [2.05, 4.69) is 68.4 Å². The normalized spacial score (nSPS) is 32.7. The SMILES string of the molecule is CCCCCCO[C@@H]1C[N@+]2(Cc3c4ccccc4cc4ccccc34)CC[C@@H]3CC[C@H]1[C@@]32C. The van der Waals surface area contributed by atoms with Crippen molar-refractivity contribution in [1.29, 1.82) is 0 Å². The van der Waals surface area contributed by atoms with Crippen molar-refractivity contribution in [3.63, 3.8) is 0 Å². The van der Waals surface area contributed by atoms with Gasteiger partial charge in [0, 0.05) is 30.4 Å². The van der Waals surface area contributed by atoms with Gasteiger partial charge < -0.3 is 9.22 Å². The molecular weight excluding hydrogens is 402 g/mol. The summed E-state index contributed by atoms with van der Waals surface area (Å²) >= 11 is 0. The van der Waals surface area contributed by atoms with Crippen LogP contribution in [-0.4, -0.2) is 35.8 Å². The highest BCUT2D eigenvalue weighted by molar-refractivity contribution is 6.02. The minimum Gasteiger partial charge on any atom is -0.372 e. The molecule has 0 N–H and O–H groups in total. The van der Waals surface area contributed by atoms with Crippen molar-refractivity contribution in [2.24, 2.45) is 11.8 Å². The predicted octanol–water partition coefficient (Wildman–Crippen LogP) is 7.48. The van der Waals surface area contributed by atoms with Crippen LogP contribution in [0.5, 0.6) is 0 Å². The number of nitrogens with zero attached hydrogens (tertiary/aromatic N) is 1. The molecule has 0 spiro atoms. The maximum atomic E-state index is 6.70. The van der Waals surface area contributed by atoms with E-state index in [1.54, 1.807) is 5.56 Å². The number of quaternary nitrogens is 1. The van der Waals surface area contributed by atoms with Crippen LogP contribution in [0.3, 0.4) is 0 Å². The first-order chi connectivity index (χ1) is 16.2. The van der Waals surface area contributed by atoms with E-state index in [4.69, 9.17) is 4.74 Å². The van der Waals surface area contributed by atoms with E-state index in [9.17, 15) is 0 Å². The predicted molar refractivity (Wildman–Crippen MR) is 138 cm³/mol. The topological polar surface area (TPSA) is 9.23 Å². The van der Waals surface area contributed by atoms with Crippen LogP contribution in [0.1, 0.15) is 64.4 Å². The molecule has 1 aliphatic carbocycles. The van der Waals surface area contributed by atoms with E-state index >= 15 is 0 Å². The largest absolute Gasteiger partial charge is 0.372 e. The first kappa shape index (κ1) is 21.6. The summed E-state index contributed by atoms with van der Waals surface area (Å²) in [6.45, 7) is 9.58. The summed E-state index contributed by atoms with van der Waals surface area (Å²) in [5.74, 6) is 1.61. The average molecular weight is 443 g/mol. The van der Waals surface area contributed by atoms with Crippen molar-refractivity contribution in [2.45, 2.75) is 77.0 Å². The zero-order valence-corrected chi connectivity index (χ0v) is 20.6. The summed E-state index contributed by atoms with van der Waals surface area (Å²) in [5, 5.41) is 5.68. The van der Waals surface area contributed by atoms with E-state index in [1.165, 1.54) is 84.1 Å². The fraction of sp³-hybridized carbons (Fsp3) is 0.548. The van der Waals surface area contributed by atoms with Crippen LogP contribution in [0.4, 0.5) is 0 Å². The number of unbranched alkanes of at least 4 members (excludes halogenated alkanes) is 3. The minimum atomic E-state index is 0.381. The summed E-state index contributed by atoms with van der Waals surface area (Å²) < 4.78 is 7.95. The van der Waals surface area contributed by atoms with Crippen molar-refractivity contribution in [3.8, 4) is 0 Å². The zero-order chi connectivity index (χ0) is 22.5. The molecule has 3 fully saturated rings. The molecule has 0 unspecified atom stereocenters. The van der Waals surface area contributed by atoms with Crippen LogP contribution in [0.25, 0.3) is 21.5 Å². The minimum absolute atomic E-state index is 0.381. The summed E-state index contributed by atoms with van der Waals surface area (Å²) in [5.41, 5.74) is 1.95. The molecule has 2 saturated heterocycles. The second kappa shape index (κ2) is 8.40. The molecule has 1 saturated carbocycles. The van der Waals surface area contributed by atoms with Gasteiger partial charge in [-0.15, -0.1) is 0 Å². The lowest BCUT2D eigenvalue weighted by molar-refractivity contribution is -0.965. The Bertz CT molecular complexity index is 1100. The van der Waals surface area contributed by atoms with Gasteiger partial charge >= 0.3 is 0 Å². The van der Waals surface area contributed by atoms with Crippen molar-refractivity contribution >= 4 is 21.5 Å². The maximum absolute atomic E-state index is 6.70. The Hall–Kier alpha value is -1.90. The number of benzene rings is 3. The molecule has 3 aliphatic rings. The summed E-state index contributed by atoms with van der Waals surface area (Å²) in [6, 6.07) is 20.5. The smallest absolute Gasteiger partial charge is 0.115 e. The molecule has 0 amide bonds. The highest BCUT2D eigenvalue weighted by Gasteiger charge is 2.71. The van der Waals surface area contributed by atoms with E-state index in [0.29, 0.717) is 11.6 Å². The van der Waals surface area contributed by atoms with Gasteiger partial charge in [0.15, 0.2) is 0 Å². The number of ether oxygens (including phenoxy) is 1. The van der Waals surface area contributed by atoms with E-state index in [-0.39, 0.29) is 0 Å². The van der Waals surface area contributed by atoms with Gasteiger partial charge in [0.05, 0.1) is 6.54 Å². The lowest BCUT2D eigenvalue weighted by Crippen LogP contribution is -2.57. The highest BCUT2D eigenvalue weighted by Crippen LogP contribution is 2.61. The third kappa shape index (κ3) is 3.28. The first-order valence-corrected chi connectivity index (χ1v) is 13.5. The fourth-order valence-corrected chi connectivity index (χ4v) is 8.24. The molecule has 2 heteroatoms. The first-order valence-electron chi connectivity index (χ1n) is 13.5. The van der Waals surface area contributed by atoms with Crippen molar-refractivity contribution in [3.05, 3.63) is 60.2 Å². The quantitative estimate of drug-likeness (QED) is 0.200. The van der Waals surface area contributed by atoms with Crippen molar-refractivity contribution in [2.75, 3.05) is 19.7 Å². The highest BCUT2D eigenvalue weighted by atomic mass is 16.5. The summed E-state index contributed by atoms with van der Waals surface area (Å²) in [7, 11) is 0. The number of fused-ring (bicyclic) bond motifs is 2. The standard InChI is InChI=1S/C31H40NO/c1-3-4-5-10-19-33-30-22-32(18-17-25-15-16-29(30)31(25,32)2)21-28-26-13-8-6-11-23(26)20-24-12-7-9-14-27(24)28/h6-9,11-14,20,25,29-30H,3-5,10,15-19,21-22H2,1-2H3/q+1/t25-,29+,30+,31+,32+/m0/s1. The van der Waals surface area contributed by atoms with Crippen molar-refractivity contribution < 1.29 is 9.22 Å². The van der Waals surface area contributed by atoms with E-state index in [1.807, 2.05) is 0 Å². The lowest BCUT2D eigenvalue weighted by Gasteiger charge is -2.44. The molecule has 2 nitrogen and oxygen atoms in total. The van der Waals surface area contributed by atoms with E-state index < -0.39 is 0 Å². The molecule has 2 aliphatic heterocycles. The van der Waals surface area contributed by atoms with Crippen LogP contribution < -0.4 is 0 Å². The second-order valence-corrected chi connectivity index (χ2v) is 11.4. The molecular formula is C31H40NO+. The third-order valence-corrected chi connectivity index (χ3v) is 9.98. The number of hydrogen-bond donors (Lipinski definition) is 0. The second-order valence-electron chi connectivity index (χ2n) is 11.4. The average Bonchev–Trinajstić information content (AvgIpc) is 3.41. The molecule has 3 aromatic carbocycles. The number of rotatable bonds is 8. The lowest BCUT2D eigenvalue weighted by atomic mass is 9.82. The van der Waals surface area contributed by atoms with Crippen LogP contribution in [0.15, 0.2) is 54.6 Å². The van der Waals surface area contributed by atoms with Crippen LogP contribution in [-0.2, 0) is 11.3 Å².